The number of benzene rings is 2. The number of carbonyl (C=O) groups is 1. The SMILES string of the molecule is C=C(C)C(=O)OC(CCO)Cc1ccc(-c2ccc(CCCCC)cc2Cl)cc1. The average molecular weight is 415 g/mol. The highest BCUT2D eigenvalue weighted by molar-refractivity contribution is 6.33. The first-order chi connectivity index (χ1) is 13.9. The van der Waals surface area contributed by atoms with E-state index in [0.717, 1.165) is 28.1 Å². The number of ether oxygens (including phenoxy) is 1. The van der Waals surface area contributed by atoms with Crippen molar-refractivity contribution >= 4 is 17.6 Å². The zero-order valence-electron chi connectivity index (χ0n) is 17.4. The zero-order valence-corrected chi connectivity index (χ0v) is 18.2. The number of aliphatic hydroxyl groups excluding tert-OH is 1. The van der Waals surface area contributed by atoms with Gasteiger partial charge in [-0.25, -0.2) is 4.79 Å². The molecule has 4 heteroatoms. The standard InChI is InChI=1S/C25H31ClO3/c1-4-5-6-7-19-10-13-23(24(26)17-19)21-11-8-20(9-12-21)16-22(14-15-27)29-25(28)18(2)3/h8-13,17,22,27H,2,4-7,14-16H2,1,3H3. The summed E-state index contributed by atoms with van der Waals surface area (Å²) in [6.07, 6.45) is 5.26. The molecule has 0 aliphatic rings. The van der Waals surface area contributed by atoms with E-state index in [2.05, 4.69) is 31.7 Å². The van der Waals surface area contributed by atoms with Crippen molar-refractivity contribution in [2.24, 2.45) is 0 Å². The maximum atomic E-state index is 11.8. The van der Waals surface area contributed by atoms with Crippen LogP contribution in [0.4, 0.5) is 0 Å². The number of esters is 1. The molecule has 0 radical (unpaired) electrons. The number of aryl methyl sites for hydroxylation is 1. The lowest BCUT2D eigenvalue weighted by atomic mass is 9.98. The largest absolute Gasteiger partial charge is 0.459 e. The number of unbranched alkanes of at least 4 members (excludes halogenated alkanes) is 2. The Hall–Kier alpha value is -2.10. The molecular formula is C25H31ClO3. The lowest BCUT2D eigenvalue weighted by molar-refractivity contribution is -0.144. The molecule has 2 rings (SSSR count). The number of carbonyl (C=O) groups excluding carboxylic acids is 1. The molecule has 29 heavy (non-hydrogen) atoms. The number of aliphatic hydroxyl groups is 1. The molecule has 0 saturated carbocycles. The highest BCUT2D eigenvalue weighted by Crippen LogP contribution is 2.30. The quantitative estimate of drug-likeness (QED) is 0.272. The number of hydrogen-bond donors (Lipinski definition) is 1. The Morgan fingerprint density at radius 3 is 2.41 bits per heavy atom. The van der Waals surface area contributed by atoms with E-state index in [4.69, 9.17) is 16.3 Å². The summed E-state index contributed by atoms with van der Waals surface area (Å²) in [6, 6.07) is 14.4. The van der Waals surface area contributed by atoms with Crippen molar-refractivity contribution in [3.63, 3.8) is 0 Å². The molecule has 0 heterocycles. The van der Waals surface area contributed by atoms with Gasteiger partial charge in [-0.05, 0) is 42.5 Å². The fourth-order valence-electron chi connectivity index (χ4n) is 3.21. The molecule has 1 N–H and O–H groups in total. The minimum absolute atomic E-state index is 0.0353. The van der Waals surface area contributed by atoms with Crippen LogP contribution in [0.15, 0.2) is 54.6 Å². The van der Waals surface area contributed by atoms with Crippen LogP contribution in [-0.4, -0.2) is 23.8 Å². The lowest BCUT2D eigenvalue weighted by Gasteiger charge is -2.17. The van der Waals surface area contributed by atoms with Gasteiger partial charge >= 0.3 is 5.97 Å². The second-order valence-corrected chi connectivity index (χ2v) is 7.90. The third kappa shape index (κ3) is 7.34. The van der Waals surface area contributed by atoms with E-state index in [0.29, 0.717) is 18.4 Å². The molecule has 0 aromatic heterocycles. The maximum Gasteiger partial charge on any atom is 0.333 e. The highest BCUT2D eigenvalue weighted by atomic mass is 35.5. The fraction of sp³-hybridized carbons (Fsp3) is 0.400. The smallest absolute Gasteiger partial charge is 0.333 e. The number of halogens is 1. The molecule has 0 saturated heterocycles. The van der Waals surface area contributed by atoms with Crippen molar-refractivity contribution in [3.8, 4) is 11.1 Å². The molecule has 1 unspecified atom stereocenters. The van der Waals surface area contributed by atoms with Gasteiger partial charge in [0, 0.05) is 35.6 Å². The van der Waals surface area contributed by atoms with E-state index >= 15 is 0 Å². The Morgan fingerprint density at radius 1 is 1.14 bits per heavy atom. The summed E-state index contributed by atoms with van der Waals surface area (Å²) in [4.78, 5) is 11.8. The topological polar surface area (TPSA) is 46.5 Å². The van der Waals surface area contributed by atoms with E-state index in [1.807, 2.05) is 24.3 Å². The first-order valence-corrected chi connectivity index (χ1v) is 10.7. The molecular weight excluding hydrogens is 384 g/mol. The van der Waals surface area contributed by atoms with Crippen molar-refractivity contribution in [1.29, 1.82) is 0 Å². The maximum absolute atomic E-state index is 11.8. The van der Waals surface area contributed by atoms with Crippen LogP contribution in [0.1, 0.15) is 50.7 Å². The Bertz CT molecular complexity index is 811. The second-order valence-electron chi connectivity index (χ2n) is 7.49. The first kappa shape index (κ1) is 23.2. The van der Waals surface area contributed by atoms with E-state index in [1.54, 1.807) is 6.92 Å². The molecule has 1 atom stereocenters. The Morgan fingerprint density at radius 2 is 1.83 bits per heavy atom. The molecule has 3 nitrogen and oxygen atoms in total. The van der Waals surface area contributed by atoms with Crippen LogP contribution in [0.25, 0.3) is 11.1 Å². The van der Waals surface area contributed by atoms with Crippen LogP contribution in [0.3, 0.4) is 0 Å². The van der Waals surface area contributed by atoms with Crippen molar-refractivity contribution < 1.29 is 14.6 Å². The predicted molar refractivity (Wildman–Crippen MR) is 120 cm³/mol. The van der Waals surface area contributed by atoms with Crippen LogP contribution in [0, 0.1) is 0 Å². The summed E-state index contributed by atoms with van der Waals surface area (Å²) in [5.74, 6) is -0.425. The summed E-state index contributed by atoms with van der Waals surface area (Å²) in [5, 5.41) is 10.0. The van der Waals surface area contributed by atoms with Gasteiger partial charge in [-0.1, -0.05) is 74.3 Å². The summed E-state index contributed by atoms with van der Waals surface area (Å²) >= 11 is 6.54. The Labute approximate surface area is 179 Å². The molecule has 0 bridgehead atoms. The van der Waals surface area contributed by atoms with E-state index in [9.17, 15) is 9.90 Å². The molecule has 2 aromatic carbocycles. The van der Waals surface area contributed by atoms with Crippen molar-refractivity contribution in [2.45, 2.75) is 58.5 Å². The van der Waals surface area contributed by atoms with Gasteiger partial charge in [0.15, 0.2) is 0 Å². The van der Waals surface area contributed by atoms with Crippen LogP contribution in [-0.2, 0) is 22.4 Å². The van der Waals surface area contributed by atoms with Gasteiger partial charge in [-0.2, -0.15) is 0 Å². The Balaban J connectivity index is 2.06. The Kier molecular flexibility index (Phi) is 9.43. The summed E-state index contributed by atoms with van der Waals surface area (Å²) in [6.45, 7) is 7.39. The average Bonchev–Trinajstić information content (AvgIpc) is 2.69. The highest BCUT2D eigenvalue weighted by Gasteiger charge is 2.15. The molecule has 0 aliphatic heterocycles. The van der Waals surface area contributed by atoms with Crippen LogP contribution < -0.4 is 0 Å². The van der Waals surface area contributed by atoms with Crippen LogP contribution in [0.5, 0.6) is 0 Å². The molecule has 0 fully saturated rings. The molecule has 2 aromatic rings. The number of hydrogen-bond acceptors (Lipinski definition) is 3. The van der Waals surface area contributed by atoms with Gasteiger partial charge in [-0.15, -0.1) is 0 Å². The van der Waals surface area contributed by atoms with Gasteiger partial charge in [0.25, 0.3) is 0 Å². The van der Waals surface area contributed by atoms with Gasteiger partial charge in [0.2, 0.25) is 0 Å². The van der Waals surface area contributed by atoms with Crippen molar-refractivity contribution in [2.75, 3.05) is 6.61 Å². The fourth-order valence-corrected chi connectivity index (χ4v) is 3.52. The van der Waals surface area contributed by atoms with Gasteiger partial charge in [0.1, 0.15) is 6.10 Å². The zero-order chi connectivity index (χ0) is 21.2. The third-order valence-electron chi connectivity index (χ3n) is 4.90. The van der Waals surface area contributed by atoms with Crippen molar-refractivity contribution in [3.05, 3.63) is 70.8 Å². The van der Waals surface area contributed by atoms with Gasteiger partial charge in [0.05, 0.1) is 0 Å². The van der Waals surface area contributed by atoms with Crippen LogP contribution in [0.2, 0.25) is 5.02 Å². The van der Waals surface area contributed by atoms with Gasteiger partial charge in [-0.3, -0.25) is 0 Å². The minimum Gasteiger partial charge on any atom is -0.459 e. The normalized spacial score (nSPS) is 11.9. The second kappa shape index (κ2) is 11.8. The lowest BCUT2D eigenvalue weighted by Crippen LogP contribution is -2.22. The molecule has 0 amide bonds. The van der Waals surface area contributed by atoms with E-state index in [-0.39, 0.29) is 12.7 Å². The predicted octanol–water partition coefficient (Wildman–Crippen LogP) is 6.15. The molecule has 0 spiro atoms. The first-order valence-electron chi connectivity index (χ1n) is 10.3. The number of rotatable bonds is 11. The monoisotopic (exact) mass is 414 g/mol. The third-order valence-corrected chi connectivity index (χ3v) is 5.22. The van der Waals surface area contributed by atoms with Crippen molar-refractivity contribution in [1.82, 2.24) is 0 Å². The molecule has 0 aliphatic carbocycles. The summed E-state index contributed by atoms with van der Waals surface area (Å²) in [5.41, 5.74) is 4.73. The summed E-state index contributed by atoms with van der Waals surface area (Å²) < 4.78 is 5.42. The molecule has 156 valence electrons. The van der Waals surface area contributed by atoms with Gasteiger partial charge < -0.3 is 9.84 Å². The minimum atomic E-state index is -0.425. The van der Waals surface area contributed by atoms with E-state index in [1.165, 1.54) is 24.8 Å². The van der Waals surface area contributed by atoms with Crippen LogP contribution >= 0.6 is 11.6 Å². The summed E-state index contributed by atoms with van der Waals surface area (Å²) in [7, 11) is 0. The van der Waals surface area contributed by atoms with E-state index < -0.39 is 5.97 Å².